The van der Waals surface area contributed by atoms with Crippen molar-refractivity contribution < 1.29 is 14.3 Å². The molecule has 0 atom stereocenters. The second kappa shape index (κ2) is 8.66. The van der Waals surface area contributed by atoms with Crippen LogP contribution in [-0.2, 0) is 4.74 Å². The van der Waals surface area contributed by atoms with Gasteiger partial charge in [-0.2, -0.15) is 0 Å². The average Bonchev–Trinajstić information content (AvgIpc) is 2.56. The molecule has 1 aromatic carbocycles. The second-order valence-electron chi connectivity index (χ2n) is 5.42. The summed E-state index contributed by atoms with van der Waals surface area (Å²) in [5.74, 6) is 3.49. The van der Waals surface area contributed by atoms with Gasteiger partial charge in [-0.05, 0) is 37.0 Å². The van der Waals surface area contributed by atoms with Crippen LogP contribution >= 0.6 is 11.6 Å². The van der Waals surface area contributed by atoms with Gasteiger partial charge < -0.3 is 19.7 Å². The van der Waals surface area contributed by atoms with Gasteiger partial charge in [-0.3, -0.25) is 0 Å². The molecule has 0 aliphatic carbocycles. The number of amides is 2. The van der Waals surface area contributed by atoms with Crippen LogP contribution in [0.25, 0.3) is 0 Å². The van der Waals surface area contributed by atoms with Crippen LogP contribution in [0.1, 0.15) is 12.8 Å². The maximum atomic E-state index is 12.4. The average molecular weight is 337 g/mol. The number of nitrogens with zero attached hydrogens (tertiary/aromatic N) is 1. The Labute approximate surface area is 141 Å². The number of ether oxygens (including phenoxy) is 2. The molecule has 1 aliphatic heterocycles. The number of likely N-dealkylation sites (tertiary alicyclic amines) is 1. The van der Waals surface area contributed by atoms with E-state index in [0.29, 0.717) is 48.7 Å². The largest absolute Gasteiger partial charge is 0.495 e. The molecule has 1 fully saturated rings. The predicted octanol–water partition coefficient (Wildman–Crippen LogP) is 3.24. The van der Waals surface area contributed by atoms with Gasteiger partial charge in [-0.1, -0.05) is 17.5 Å². The highest BCUT2D eigenvalue weighted by molar-refractivity contribution is 6.31. The zero-order valence-corrected chi connectivity index (χ0v) is 13.9. The maximum absolute atomic E-state index is 12.4. The zero-order valence-electron chi connectivity index (χ0n) is 13.2. The monoisotopic (exact) mass is 336 g/mol. The zero-order chi connectivity index (χ0) is 16.7. The Morgan fingerprint density at radius 2 is 2.22 bits per heavy atom. The Morgan fingerprint density at radius 1 is 1.48 bits per heavy atom. The molecule has 23 heavy (non-hydrogen) atoms. The lowest BCUT2D eigenvalue weighted by Crippen LogP contribution is -2.41. The molecule has 2 rings (SSSR count). The molecule has 0 spiro atoms. The van der Waals surface area contributed by atoms with E-state index in [4.69, 9.17) is 27.5 Å². The minimum absolute atomic E-state index is 0.145. The number of anilines is 1. The second-order valence-corrected chi connectivity index (χ2v) is 5.86. The smallest absolute Gasteiger partial charge is 0.321 e. The summed E-state index contributed by atoms with van der Waals surface area (Å²) >= 11 is 5.97. The number of urea groups is 1. The lowest BCUT2D eigenvalue weighted by Gasteiger charge is -2.31. The first-order valence-corrected chi connectivity index (χ1v) is 7.92. The molecule has 0 unspecified atom stereocenters. The van der Waals surface area contributed by atoms with Gasteiger partial charge in [0.05, 0.1) is 19.4 Å². The van der Waals surface area contributed by atoms with Crippen molar-refractivity contribution in [2.45, 2.75) is 12.8 Å². The van der Waals surface area contributed by atoms with E-state index >= 15 is 0 Å². The van der Waals surface area contributed by atoms with E-state index in [9.17, 15) is 4.79 Å². The summed E-state index contributed by atoms with van der Waals surface area (Å²) in [6, 6.07) is 4.98. The number of rotatable bonds is 5. The fraction of sp³-hybridized carbons (Fsp3) is 0.471. The SMILES string of the molecule is C#CCOCC1CCN(C(=O)Nc2cc(Cl)ccc2OC)CC1. The first-order valence-electron chi connectivity index (χ1n) is 7.54. The normalized spacial score (nSPS) is 15.1. The summed E-state index contributed by atoms with van der Waals surface area (Å²) in [6.45, 7) is 2.38. The number of hydrogen-bond donors (Lipinski definition) is 1. The van der Waals surface area contributed by atoms with Crippen molar-refractivity contribution in [3.8, 4) is 18.1 Å². The molecule has 0 radical (unpaired) electrons. The Kier molecular flexibility index (Phi) is 6.57. The highest BCUT2D eigenvalue weighted by Crippen LogP contribution is 2.28. The van der Waals surface area contributed by atoms with E-state index < -0.39 is 0 Å². The molecule has 1 aromatic rings. The van der Waals surface area contributed by atoms with Gasteiger partial charge in [0.1, 0.15) is 12.4 Å². The summed E-state index contributed by atoms with van der Waals surface area (Å²) < 4.78 is 10.6. The molecule has 2 amide bonds. The van der Waals surface area contributed by atoms with E-state index in [1.165, 1.54) is 0 Å². The Balaban J connectivity index is 1.86. The molecule has 0 aromatic heterocycles. The van der Waals surface area contributed by atoms with Crippen LogP contribution in [0.5, 0.6) is 5.75 Å². The molecule has 0 saturated carbocycles. The van der Waals surface area contributed by atoms with E-state index in [1.807, 2.05) is 0 Å². The van der Waals surface area contributed by atoms with Gasteiger partial charge in [-0.15, -0.1) is 6.42 Å². The molecule has 1 saturated heterocycles. The summed E-state index contributed by atoms with van der Waals surface area (Å²) in [6.07, 6.45) is 6.97. The van der Waals surface area contributed by atoms with E-state index in [2.05, 4.69) is 11.2 Å². The highest BCUT2D eigenvalue weighted by Gasteiger charge is 2.23. The van der Waals surface area contributed by atoms with E-state index in [1.54, 1.807) is 30.2 Å². The highest BCUT2D eigenvalue weighted by atomic mass is 35.5. The fourth-order valence-corrected chi connectivity index (χ4v) is 2.73. The van der Waals surface area contributed by atoms with Crippen LogP contribution in [0.2, 0.25) is 5.02 Å². The van der Waals surface area contributed by atoms with Crippen molar-refractivity contribution in [2.24, 2.45) is 5.92 Å². The van der Waals surface area contributed by atoms with Crippen molar-refractivity contribution in [3.05, 3.63) is 23.2 Å². The van der Waals surface area contributed by atoms with Crippen molar-refractivity contribution in [1.29, 1.82) is 0 Å². The van der Waals surface area contributed by atoms with Crippen molar-refractivity contribution >= 4 is 23.3 Å². The summed E-state index contributed by atoms with van der Waals surface area (Å²) in [4.78, 5) is 14.2. The fourth-order valence-electron chi connectivity index (χ4n) is 2.56. The molecule has 5 nitrogen and oxygen atoms in total. The van der Waals surface area contributed by atoms with Gasteiger partial charge in [0.25, 0.3) is 0 Å². The third kappa shape index (κ3) is 5.05. The third-order valence-corrected chi connectivity index (χ3v) is 4.08. The minimum Gasteiger partial charge on any atom is -0.495 e. The number of benzene rings is 1. The lowest BCUT2D eigenvalue weighted by atomic mass is 9.98. The first kappa shape index (κ1) is 17.5. The maximum Gasteiger partial charge on any atom is 0.321 e. The van der Waals surface area contributed by atoms with Crippen molar-refractivity contribution in [3.63, 3.8) is 0 Å². The molecular weight excluding hydrogens is 316 g/mol. The van der Waals surface area contributed by atoms with Gasteiger partial charge in [0, 0.05) is 18.1 Å². The van der Waals surface area contributed by atoms with Crippen LogP contribution in [0.15, 0.2) is 18.2 Å². The lowest BCUT2D eigenvalue weighted by molar-refractivity contribution is 0.0932. The molecule has 1 heterocycles. The molecule has 124 valence electrons. The molecule has 1 N–H and O–H groups in total. The number of piperidine rings is 1. The summed E-state index contributed by atoms with van der Waals surface area (Å²) in [5.41, 5.74) is 0.574. The summed E-state index contributed by atoms with van der Waals surface area (Å²) in [5, 5.41) is 3.41. The number of terminal acetylenes is 1. The van der Waals surface area contributed by atoms with Gasteiger partial charge in [0.2, 0.25) is 0 Å². The summed E-state index contributed by atoms with van der Waals surface area (Å²) in [7, 11) is 1.56. The van der Waals surface area contributed by atoms with E-state index in [-0.39, 0.29) is 6.03 Å². The predicted molar refractivity (Wildman–Crippen MR) is 91.0 cm³/mol. The first-order chi connectivity index (χ1) is 11.1. The number of carbonyl (C=O) groups is 1. The van der Waals surface area contributed by atoms with Crippen LogP contribution in [0.3, 0.4) is 0 Å². The van der Waals surface area contributed by atoms with Gasteiger partial charge >= 0.3 is 6.03 Å². The van der Waals surface area contributed by atoms with Crippen LogP contribution in [0, 0.1) is 18.3 Å². The number of methoxy groups -OCH3 is 1. The molecule has 1 aliphatic rings. The standard InChI is InChI=1S/C17H21ClN2O3/c1-3-10-23-12-13-6-8-20(9-7-13)17(21)19-15-11-14(18)4-5-16(15)22-2/h1,4-5,11,13H,6-10,12H2,2H3,(H,19,21). The number of hydrogen-bond acceptors (Lipinski definition) is 3. The number of halogens is 1. The van der Waals surface area contributed by atoms with Crippen molar-refractivity contribution in [1.82, 2.24) is 4.90 Å². The molecule has 6 heteroatoms. The minimum atomic E-state index is -0.145. The van der Waals surface area contributed by atoms with E-state index in [0.717, 1.165) is 12.8 Å². The van der Waals surface area contributed by atoms with Crippen LogP contribution < -0.4 is 10.1 Å². The number of carbonyl (C=O) groups excluding carboxylic acids is 1. The Bertz CT molecular complexity index is 578. The number of nitrogens with one attached hydrogen (secondary N) is 1. The van der Waals surface area contributed by atoms with Crippen molar-refractivity contribution in [2.75, 3.05) is 38.7 Å². The quantitative estimate of drug-likeness (QED) is 0.663. The van der Waals surface area contributed by atoms with Gasteiger partial charge in [-0.25, -0.2) is 4.79 Å². The molecule has 0 bridgehead atoms. The Hall–Kier alpha value is -1.90. The van der Waals surface area contributed by atoms with Crippen LogP contribution in [-0.4, -0.2) is 44.3 Å². The van der Waals surface area contributed by atoms with Crippen LogP contribution in [0.4, 0.5) is 10.5 Å². The molecular formula is C17H21ClN2O3. The third-order valence-electron chi connectivity index (χ3n) is 3.84. The van der Waals surface area contributed by atoms with Gasteiger partial charge in [0.15, 0.2) is 0 Å². The topological polar surface area (TPSA) is 50.8 Å². The Morgan fingerprint density at radius 3 is 2.87 bits per heavy atom.